The Morgan fingerprint density at radius 2 is 2.22 bits per heavy atom. The zero-order valence-corrected chi connectivity index (χ0v) is 10.8. The summed E-state index contributed by atoms with van der Waals surface area (Å²) in [7, 11) is 1.59. The first-order valence-corrected chi connectivity index (χ1v) is 6.42. The summed E-state index contributed by atoms with van der Waals surface area (Å²) < 4.78 is 5.32. The maximum absolute atomic E-state index is 11.2. The van der Waals surface area contributed by atoms with Crippen molar-refractivity contribution in [2.24, 2.45) is 0 Å². The van der Waals surface area contributed by atoms with Gasteiger partial charge in [0.25, 0.3) is 0 Å². The topological polar surface area (TPSA) is 41.6 Å². The number of carbonyl (C=O) groups is 1. The number of amides is 1. The molecule has 0 radical (unpaired) electrons. The van der Waals surface area contributed by atoms with Crippen LogP contribution in [0.15, 0.2) is 30.3 Å². The molecule has 4 nitrogen and oxygen atoms in total. The van der Waals surface area contributed by atoms with E-state index < -0.39 is 0 Å². The number of hydrogen-bond donors (Lipinski definition) is 1. The minimum Gasteiger partial charge on any atom is -0.445 e. The molecule has 4 heteroatoms. The Morgan fingerprint density at radius 1 is 1.44 bits per heavy atom. The number of carbonyl (C=O) groups excluding carboxylic acids is 1. The minimum atomic E-state index is -0.332. The monoisotopic (exact) mass is 248 g/mol. The molecular weight excluding hydrogens is 228 g/mol. The number of benzene rings is 1. The van der Waals surface area contributed by atoms with Gasteiger partial charge in [0.15, 0.2) is 0 Å². The van der Waals surface area contributed by atoms with Crippen molar-refractivity contribution in [1.29, 1.82) is 0 Å². The van der Waals surface area contributed by atoms with Crippen molar-refractivity contribution in [3.63, 3.8) is 0 Å². The molecule has 0 aliphatic carbocycles. The smallest absolute Gasteiger partial charge is 0.407 e. The van der Waals surface area contributed by atoms with Crippen molar-refractivity contribution < 1.29 is 9.53 Å². The maximum Gasteiger partial charge on any atom is 0.407 e. The van der Waals surface area contributed by atoms with E-state index in [1.807, 2.05) is 6.07 Å². The fourth-order valence-corrected chi connectivity index (χ4v) is 2.30. The Balaban J connectivity index is 1.85. The van der Waals surface area contributed by atoms with Crippen LogP contribution in [0, 0.1) is 0 Å². The quantitative estimate of drug-likeness (QED) is 0.889. The Kier molecular flexibility index (Phi) is 4.59. The van der Waals surface area contributed by atoms with Crippen molar-refractivity contribution >= 4 is 6.09 Å². The lowest BCUT2D eigenvalue weighted by Gasteiger charge is -2.32. The molecule has 0 saturated carbocycles. The number of nitrogens with zero attached hydrogens (tertiary/aromatic N) is 1. The van der Waals surface area contributed by atoms with Crippen molar-refractivity contribution in [3.8, 4) is 0 Å². The molecule has 0 aromatic heterocycles. The second-order valence-electron chi connectivity index (χ2n) is 4.64. The normalized spacial score (nSPS) is 20.4. The Hall–Kier alpha value is -1.55. The zero-order chi connectivity index (χ0) is 12.8. The van der Waals surface area contributed by atoms with Gasteiger partial charge in [-0.2, -0.15) is 0 Å². The fraction of sp³-hybridized carbons (Fsp3) is 0.500. The van der Waals surface area contributed by atoms with Crippen LogP contribution in [0.2, 0.25) is 0 Å². The average Bonchev–Trinajstić information content (AvgIpc) is 2.40. The number of rotatable bonds is 3. The third-order valence-corrected chi connectivity index (χ3v) is 3.19. The van der Waals surface area contributed by atoms with Crippen LogP contribution in [0.5, 0.6) is 0 Å². The van der Waals surface area contributed by atoms with Gasteiger partial charge in [-0.15, -0.1) is 0 Å². The number of nitrogens with one attached hydrogen (secondary N) is 1. The number of ether oxygens (including phenoxy) is 1. The Labute approximate surface area is 108 Å². The maximum atomic E-state index is 11.2. The number of likely N-dealkylation sites (tertiary alicyclic amines) is 1. The van der Waals surface area contributed by atoms with Crippen LogP contribution < -0.4 is 5.32 Å². The first-order valence-electron chi connectivity index (χ1n) is 6.42. The lowest BCUT2D eigenvalue weighted by molar-refractivity contribution is 0.0407. The summed E-state index contributed by atoms with van der Waals surface area (Å²) in [5.41, 5.74) is 1.30. The summed E-state index contributed by atoms with van der Waals surface area (Å²) in [6, 6.07) is 10.4. The predicted octanol–water partition coefficient (Wildman–Crippen LogP) is 2.01. The van der Waals surface area contributed by atoms with Gasteiger partial charge in [0, 0.05) is 20.1 Å². The van der Waals surface area contributed by atoms with Gasteiger partial charge in [0.2, 0.25) is 0 Å². The Bertz CT molecular complexity index is 381. The molecule has 1 aliphatic rings. The van der Waals surface area contributed by atoms with Gasteiger partial charge in [-0.3, -0.25) is 4.90 Å². The molecule has 1 amide bonds. The first-order chi connectivity index (χ1) is 8.78. The van der Waals surface area contributed by atoms with Gasteiger partial charge < -0.3 is 10.1 Å². The third kappa shape index (κ3) is 3.74. The first kappa shape index (κ1) is 12.9. The lowest BCUT2D eigenvalue weighted by atomic mass is 10.1. The highest BCUT2D eigenvalue weighted by atomic mass is 16.6. The van der Waals surface area contributed by atoms with Crippen molar-refractivity contribution in [3.05, 3.63) is 35.9 Å². The standard InChI is InChI=1S/C14H20N2O2/c1-15-14(17)18-13-8-5-9-16(11-13)10-12-6-3-2-4-7-12/h2-4,6-7,13H,5,8-11H2,1H3,(H,15,17). The van der Waals surface area contributed by atoms with Crippen LogP contribution >= 0.6 is 0 Å². The number of hydrogen-bond acceptors (Lipinski definition) is 3. The second kappa shape index (κ2) is 6.40. The molecule has 1 unspecified atom stereocenters. The van der Waals surface area contributed by atoms with Crippen LogP contribution in [0.1, 0.15) is 18.4 Å². The van der Waals surface area contributed by atoms with Crippen molar-refractivity contribution in [1.82, 2.24) is 10.2 Å². The minimum absolute atomic E-state index is 0.0161. The molecule has 1 N–H and O–H groups in total. The van der Waals surface area contributed by atoms with E-state index in [0.717, 1.165) is 32.5 Å². The van der Waals surface area contributed by atoms with Crippen LogP contribution in [0.25, 0.3) is 0 Å². The highest BCUT2D eigenvalue weighted by Crippen LogP contribution is 2.16. The van der Waals surface area contributed by atoms with Crippen molar-refractivity contribution in [2.45, 2.75) is 25.5 Å². The number of piperidine rings is 1. The van der Waals surface area contributed by atoms with Gasteiger partial charge in [0.05, 0.1) is 0 Å². The van der Waals surface area contributed by atoms with Gasteiger partial charge >= 0.3 is 6.09 Å². The molecule has 0 spiro atoms. The molecule has 1 fully saturated rings. The second-order valence-corrected chi connectivity index (χ2v) is 4.64. The summed E-state index contributed by atoms with van der Waals surface area (Å²) >= 11 is 0. The molecule has 98 valence electrons. The molecule has 1 aliphatic heterocycles. The molecule has 1 saturated heterocycles. The SMILES string of the molecule is CNC(=O)OC1CCCN(Cc2ccccc2)C1. The fourth-order valence-electron chi connectivity index (χ4n) is 2.30. The molecule has 18 heavy (non-hydrogen) atoms. The van der Waals surface area contributed by atoms with E-state index in [2.05, 4.69) is 34.5 Å². The van der Waals surface area contributed by atoms with E-state index in [1.54, 1.807) is 7.05 Å². The molecule has 1 atom stereocenters. The van der Waals surface area contributed by atoms with E-state index in [1.165, 1.54) is 5.56 Å². The molecular formula is C14H20N2O2. The highest BCUT2D eigenvalue weighted by Gasteiger charge is 2.22. The average molecular weight is 248 g/mol. The number of alkyl carbamates (subject to hydrolysis) is 1. The summed E-state index contributed by atoms with van der Waals surface area (Å²) in [5.74, 6) is 0. The molecule has 0 bridgehead atoms. The van der Waals surface area contributed by atoms with Crippen LogP contribution in [0.3, 0.4) is 0 Å². The molecule has 2 rings (SSSR count). The molecule has 1 aromatic carbocycles. The largest absolute Gasteiger partial charge is 0.445 e. The van der Waals surface area contributed by atoms with E-state index >= 15 is 0 Å². The van der Waals surface area contributed by atoms with Crippen LogP contribution in [-0.2, 0) is 11.3 Å². The summed E-state index contributed by atoms with van der Waals surface area (Å²) in [5, 5.41) is 2.50. The van der Waals surface area contributed by atoms with Gasteiger partial charge in [-0.1, -0.05) is 30.3 Å². The highest BCUT2D eigenvalue weighted by molar-refractivity contribution is 5.66. The van der Waals surface area contributed by atoms with E-state index in [0.29, 0.717) is 0 Å². The van der Waals surface area contributed by atoms with E-state index in [-0.39, 0.29) is 12.2 Å². The Morgan fingerprint density at radius 3 is 2.94 bits per heavy atom. The van der Waals surface area contributed by atoms with Crippen molar-refractivity contribution in [2.75, 3.05) is 20.1 Å². The summed E-state index contributed by atoms with van der Waals surface area (Å²) in [6.07, 6.45) is 1.72. The predicted molar refractivity (Wildman–Crippen MR) is 70.3 cm³/mol. The summed E-state index contributed by atoms with van der Waals surface area (Å²) in [6.45, 7) is 2.82. The van der Waals surface area contributed by atoms with Gasteiger partial charge in [-0.05, 0) is 24.9 Å². The zero-order valence-electron chi connectivity index (χ0n) is 10.8. The van der Waals surface area contributed by atoms with E-state index in [4.69, 9.17) is 4.74 Å². The third-order valence-electron chi connectivity index (χ3n) is 3.19. The summed E-state index contributed by atoms with van der Waals surface area (Å²) in [4.78, 5) is 13.5. The molecule has 1 aromatic rings. The van der Waals surface area contributed by atoms with Crippen LogP contribution in [-0.4, -0.2) is 37.2 Å². The molecule has 1 heterocycles. The van der Waals surface area contributed by atoms with Gasteiger partial charge in [0.1, 0.15) is 6.10 Å². The van der Waals surface area contributed by atoms with Gasteiger partial charge in [-0.25, -0.2) is 4.79 Å². The lowest BCUT2D eigenvalue weighted by Crippen LogP contribution is -2.41. The van der Waals surface area contributed by atoms with Crippen LogP contribution in [0.4, 0.5) is 4.79 Å². The van der Waals surface area contributed by atoms with E-state index in [9.17, 15) is 4.79 Å².